The summed E-state index contributed by atoms with van der Waals surface area (Å²) in [6.07, 6.45) is 1.76. The lowest BCUT2D eigenvalue weighted by atomic mass is 9.91. The van der Waals surface area contributed by atoms with Gasteiger partial charge in [0.2, 0.25) is 0 Å². The fourth-order valence-electron chi connectivity index (χ4n) is 2.09. The van der Waals surface area contributed by atoms with Crippen molar-refractivity contribution in [3.8, 4) is 5.75 Å². The molecule has 2 N–H and O–H groups in total. The molecule has 1 unspecified atom stereocenters. The van der Waals surface area contributed by atoms with Crippen molar-refractivity contribution in [2.45, 2.75) is 12.5 Å². The number of nitrogens with zero attached hydrogens (tertiary/aromatic N) is 1. The van der Waals surface area contributed by atoms with Crippen LogP contribution in [-0.4, -0.2) is 30.3 Å². The van der Waals surface area contributed by atoms with Gasteiger partial charge in [0.05, 0.1) is 12.3 Å². The molecule has 106 valence electrons. The maximum absolute atomic E-state index is 9.44. The lowest BCUT2D eigenvalue weighted by molar-refractivity contribution is -0.00469. The highest BCUT2D eigenvalue weighted by Gasteiger charge is 2.31. The predicted molar refractivity (Wildman–Crippen MR) is 78.7 cm³/mol. The number of aromatic nitrogens is 1. The van der Waals surface area contributed by atoms with Crippen molar-refractivity contribution in [3.63, 3.8) is 0 Å². The molecular weight excluding hydrogens is 252 g/mol. The first-order valence-electron chi connectivity index (χ1n) is 6.66. The minimum Gasteiger partial charge on any atom is -0.508 e. The number of benzene rings is 1. The number of phenols is 1. The summed E-state index contributed by atoms with van der Waals surface area (Å²) in [4.78, 5) is 4.42. The van der Waals surface area contributed by atoms with Crippen LogP contribution in [0.5, 0.6) is 5.75 Å². The standard InChI is InChI=1S/C16H20N2O2/c1-16(20-12-11-17-2,15-5-3-4-10-18-15)13-6-8-14(19)9-7-13/h3-10,17,19H,11-12H2,1-2H3. The molecule has 4 nitrogen and oxygen atoms in total. The summed E-state index contributed by atoms with van der Waals surface area (Å²) in [5.41, 5.74) is 1.18. The topological polar surface area (TPSA) is 54.4 Å². The van der Waals surface area contributed by atoms with Gasteiger partial charge >= 0.3 is 0 Å². The van der Waals surface area contributed by atoms with Crippen molar-refractivity contribution in [3.05, 3.63) is 59.9 Å². The SMILES string of the molecule is CNCCOC(C)(c1ccc(O)cc1)c1ccccn1. The van der Waals surface area contributed by atoms with E-state index >= 15 is 0 Å². The number of nitrogens with one attached hydrogen (secondary N) is 1. The molecule has 0 saturated heterocycles. The van der Waals surface area contributed by atoms with Crippen molar-refractivity contribution in [1.82, 2.24) is 10.3 Å². The lowest BCUT2D eigenvalue weighted by Crippen LogP contribution is -2.31. The van der Waals surface area contributed by atoms with Gasteiger partial charge in [-0.15, -0.1) is 0 Å². The highest BCUT2D eigenvalue weighted by molar-refractivity contribution is 5.35. The fraction of sp³-hybridized carbons (Fsp3) is 0.312. The van der Waals surface area contributed by atoms with E-state index in [1.165, 1.54) is 0 Å². The van der Waals surface area contributed by atoms with E-state index in [0.29, 0.717) is 6.61 Å². The van der Waals surface area contributed by atoms with Gasteiger partial charge in [0.25, 0.3) is 0 Å². The van der Waals surface area contributed by atoms with Crippen LogP contribution in [0.25, 0.3) is 0 Å². The third-order valence-electron chi connectivity index (χ3n) is 3.31. The van der Waals surface area contributed by atoms with E-state index in [9.17, 15) is 5.11 Å². The zero-order valence-electron chi connectivity index (χ0n) is 11.8. The molecular formula is C16H20N2O2. The van der Waals surface area contributed by atoms with Gasteiger partial charge in [-0.1, -0.05) is 18.2 Å². The van der Waals surface area contributed by atoms with Gasteiger partial charge in [0, 0.05) is 12.7 Å². The summed E-state index contributed by atoms with van der Waals surface area (Å²) in [5, 5.41) is 12.5. The molecule has 1 aromatic heterocycles. The molecule has 2 rings (SSSR count). The molecule has 0 fully saturated rings. The maximum atomic E-state index is 9.44. The number of rotatable bonds is 6. The maximum Gasteiger partial charge on any atom is 0.132 e. The van der Waals surface area contributed by atoms with Crippen molar-refractivity contribution in [2.24, 2.45) is 0 Å². The molecule has 0 radical (unpaired) electrons. The van der Waals surface area contributed by atoms with E-state index < -0.39 is 5.60 Å². The number of likely N-dealkylation sites (N-methyl/N-ethyl adjacent to an activating group) is 1. The van der Waals surface area contributed by atoms with E-state index in [4.69, 9.17) is 4.74 Å². The van der Waals surface area contributed by atoms with Crippen LogP contribution in [0.2, 0.25) is 0 Å². The van der Waals surface area contributed by atoms with E-state index in [2.05, 4.69) is 10.3 Å². The number of phenolic OH excluding ortho intramolecular Hbond substituents is 1. The Balaban J connectivity index is 2.35. The molecule has 0 bridgehead atoms. The second-order valence-electron chi connectivity index (χ2n) is 4.75. The molecule has 0 spiro atoms. The third kappa shape index (κ3) is 3.15. The van der Waals surface area contributed by atoms with E-state index in [-0.39, 0.29) is 5.75 Å². The van der Waals surface area contributed by atoms with Gasteiger partial charge < -0.3 is 15.2 Å². The Morgan fingerprint density at radius 3 is 2.55 bits per heavy atom. The molecule has 0 aliphatic heterocycles. The van der Waals surface area contributed by atoms with Gasteiger partial charge in [-0.05, 0) is 43.8 Å². The van der Waals surface area contributed by atoms with Crippen LogP contribution < -0.4 is 5.32 Å². The molecule has 0 amide bonds. The molecule has 1 atom stereocenters. The zero-order valence-corrected chi connectivity index (χ0v) is 11.8. The average molecular weight is 272 g/mol. The molecule has 0 saturated carbocycles. The highest BCUT2D eigenvalue weighted by atomic mass is 16.5. The second-order valence-corrected chi connectivity index (χ2v) is 4.75. The molecule has 0 aliphatic carbocycles. The molecule has 0 aliphatic rings. The van der Waals surface area contributed by atoms with Crippen LogP contribution >= 0.6 is 0 Å². The summed E-state index contributed by atoms with van der Waals surface area (Å²) in [6.45, 7) is 3.34. The molecule has 4 heteroatoms. The Bertz CT molecular complexity index is 528. The second kappa shape index (κ2) is 6.50. The van der Waals surface area contributed by atoms with Gasteiger partial charge in [-0.25, -0.2) is 0 Å². The van der Waals surface area contributed by atoms with Crippen molar-refractivity contribution in [1.29, 1.82) is 0 Å². The summed E-state index contributed by atoms with van der Waals surface area (Å²) in [5.74, 6) is 0.243. The summed E-state index contributed by atoms with van der Waals surface area (Å²) in [6, 6.07) is 12.8. The van der Waals surface area contributed by atoms with Crippen LogP contribution in [0.15, 0.2) is 48.7 Å². The van der Waals surface area contributed by atoms with Crippen molar-refractivity contribution >= 4 is 0 Å². The van der Waals surface area contributed by atoms with Gasteiger partial charge in [0.1, 0.15) is 11.4 Å². The Morgan fingerprint density at radius 1 is 1.20 bits per heavy atom. The van der Waals surface area contributed by atoms with Crippen molar-refractivity contribution < 1.29 is 9.84 Å². The Kier molecular flexibility index (Phi) is 4.71. The smallest absolute Gasteiger partial charge is 0.132 e. The lowest BCUT2D eigenvalue weighted by Gasteiger charge is -2.30. The molecule has 2 aromatic rings. The van der Waals surface area contributed by atoms with E-state index in [0.717, 1.165) is 17.8 Å². The van der Waals surface area contributed by atoms with E-state index in [1.807, 2.05) is 44.3 Å². The summed E-state index contributed by atoms with van der Waals surface area (Å²) < 4.78 is 6.08. The summed E-state index contributed by atoms with van der Waals surface area (Å²) in [7, 11) is 1.89. The van der Waals surface area contributed by atoms with Crippen LogP contribution in [0, 0.1) is 0 Å². The normalized spacial score (nSPS) is 13.9. The molecule has 1 heterocycles. The average Bonchev–Trinajstić information content (AvgIpc) is 2.49. The minimum absolute atomic E-state index is 0.243. The molecule has 1 aromatic carbocycles. The van der Waals surface area contributed by atoms with Gasteiger partial charge in [0.15, 0.2) is 0 Å². The first-order valence-corrected chi connectivity index (χ1v) is 6.66. The van der Waals surface area contributed by atoms with Crippen LogP contribution in [0.4, 0.5) is 0 Å². The minimum atomic E-state index is -0.633. The Hall–Kier alpha value is -1.91. The fourth-order valence-corrected chi connectivity index (χ4v) is 2.09. The number of ether oxygens (including phenoxy) is 1. The molecule has 20 heavy (non-hydrogen) atoms. The van der Waals surface area contributed by atoms with Gasteiger partial charge in [-0.3, -0.25) is 4.98 Å². The number of aromatic hydroxyl groups is 1. The number of hydrogen-bond acceptors (Lipinski definition) is 4. The quantitative estimate of drug-likeness (QED) is 0.792. The number of hydrogen-bond donors (Lipinski definition) is 2. The summed E-state index contributed by atoms with van der Waals surface area (Å²) >= 11 is 0. The zero-order chi connectivity index (χ0) is 14.4. The van der Waals surface area contributed by atoms with Crippen LogP contribution in [0.1, 0.15) is 18.2 Å². The first-order chi connectivity index (χ1) is 9.66. The predicted octanol–water partition coefficient (Wildman–Crippen LogP) is 2.29. The Morgan fingerprint density at radius 2 is 1.95 bits per heavy atom. The Labute approximate surface area is 119 Å². The van der Waals surface area contributed by atoms with Gasteiger partial charge in [-0.2, -0.15) is 0 Å². The first kappa shape index (κ1) is 14.5. The van der Waals surface area contributed by atoms with E-state index in [1.54, 1.807) is 18.3 Å². The monoisotopic (exact) mass is 272 g/mol. The van der Waals surface area contributed by atoms with Crippen LogP contribution in [-0.2, 0) is 10.3 Å². The van der Waals surface area contributed by atoms with Crippen LogP contribution in [0.3, 0.4) is 0 Å². The number of pyridine rings is 1. The van der Waals surface area contributed by atoms with Crippen molar-refractivity contribution in [2.75, 3.05) is 20.2 Å². The highest BCUT2D eigenvalue weighted by Crippen LogP contribution is 2.32. The third-order valence-corrected chi connectivity index (χ3v) is 3.31. The largest absolute Gasteiger partial charge is 0.508 e.